The Balaban J connectivity index is 1.30. The lowest BCUT2D eigenvalue weighted by Crippen LogP contribution is -2.34. The molecule has 2 aromatic carbocycles. The monoisotopic (exact) mass is 546 g/mol. The minimum Gasteiger partial charge on any atom is -0.495 e. The number of pyridine rings is 1. The van der Waals surface area contributed by atoms with Gasteiger partial charge in [-0.05, 0) is 78.1 Å². The van der Waals surface area contributed by atoms with E-state index >= 15 is 0 Å². The van der Waals surface area contributed by atoms with E-state index in [0.29, 0.717) is 28.0 Å². The summed E-state index contributed by atoms with van der Waals surface area (Å²) in [5.41, 5.74) is 2.36. The largest absolute Gasteiger partial charge is 0.495 e. The average molecular weight is 548 g/mol. The summed E-state index contributed by atoms with van der Waals surface area (Å²) >= 11 is 9.38. The molecule has 0 radical (unpaired) electrons. The summed E-state index contributed by atoms with van der Waals surface area (Å²) in [5, 5.41) is 0.337. The predicted octanol–water partition coefficient (Wildman–Crippen LogP) is 6.67. The number of rotatable bonds is 5. The summed E-state index contributed by atoms with van der Waals surface area (Å²) in [4.78, 5) is 6.93. The van der Waals surface area contributed by atoms with Crippen molar-refractivity contribution in [3.05, 3.63) is 80.8 Å². The SMILES string of the molecule is COc1cc(Br)cnc1CN1CCC(c2cccc3c2OC(C)(c2ccc(Cl)cc2F)O3)CC1. The molecule has 1 saturated heterocycles. The van der Waals surface area contributed by atoms with Gasteiger partial charge in [0.25, 0.3) is 5.79 Å². The van der Waals surface area contributed by atoms with Crippen molar-refractivity contribution in [2.45, 2.75) is 38.0 Å². The first-order valence-corrected chi connectivity index (χ1v) is 12.4. The number of halogens is 3. The molecule has 1 aromatic heterocycles. The second kappa shape index (κ2) is 9.36. The molecule has 5 nitrogen and oxygen atoms in total. The maximum atomic E-state index is 14.7. The third-order valence-electron chi connectivity index (χ3n) is 6.55. The van der Waals surface area contributed by atoms with Crippen molar-refractivity contribution in [1.82, 2.24) is 9.88 Å². The van der Waals surface area contributed by atoms with Gasteiger partial charge in [0.1, 0.15) is 11.6 Å². The first-order valence-electron chi connectivity index (χ1n) is 11.2. The van der Waals surface area contributed by atoms with Gasteiger partial charge < -0.3 is 14.2 Å². The lowest BCUT2D eigenvalue weighted by atomic mass is 9.88. The topological polar surface area (TPSA) is 43.8 Å². The number of fused-ring (bicyclic) bond motifs is 1. The minimum absolute atomic E-state index is 0.324. The van der Waals surface area contributed by atoms with Gasteiger partial charge in [-0.25, -0.2) is 4.39 Å². The lowest BCUT2D eigenvalue weighted by molar-refractivity contribution is -0.0712. The van der Waals surface area contributed by atoms with Crippen LogP contribution >= 0.6 is 27.5 Å². The van der Waals surface area contributed by atoms with E-state index in [1.807, 2.05) is 18.2 Å². The molecule has 1 atom stereocenters. The Hall–Kier alpha value is -2.35. The highest BCUT2D eigenvalue weighted by molar-refractivity contribution is 9.10. The van der Waals surface area contributed by atoms with Gasteiger partial charge in [-0.3, -0.25) is 9.88 Å². The van der Waals surface area contributed by atoms with Gasteiger partial charge in [-0.2, -0.15) is 0 Å². The molecule has 34 heavy (non-hydrogen) atoms. The molecular weight excluding hydrogens is 523 g/mol. The molecule has 8 heteroatoms. The smallest absolute Gasteiger partial charge is 0.278 e. The van der Waals surface area contributed by atoms with Crippen LogP contribution in [0.15, 0.2) is 53.1 Å². The van der Waals surface area contributed by atoms with E-state index in [1.165, 1.54) is 6.07 Å². The number of hydrogen-bond acceptors (Lipinski definition) is 5. The highest BCUT2D eigenvalue weighted by Gasteiger charge is 2.42. The highest BCUT2D eigenvalue weighted by Crippen LogP contribution is 2.49. The maximum absolute atomic E-state index is 14.7. The second-order valence-corrected chi connectivity index (χ2v) is 10.2. The summed E-state index contributed by atoms with van der Waals surface area (Å²) in [6, 6.07) is 12.4. The molecule has 5 rings (SSSR count). The van der Waals surface area contributed by atoms with Crippen LogP contribution in [0.5, 0.6) is 17.2 Å². The van der Waals surface area contributed by atoms with Crippen LogP contribution in [0, 0.1) is 5.82 Å². The zero-order valence-electron chi connectivity index (χ0n) is 19.0. The fourth-order valence-corrected chi connectivity index (χ4v) is 5.26. The zero-order chi connectivity index (χ0) is 23.9. The normalized spacial score (nSPS) is 20.5. The highest BCUT2D eigenvalue weighted by atomic mass is 79.9. The number of piperidine rings is 1. The van der Waals surface area contributed by atoms with E-state index in [4.69, 9.17) is 25.8 Å². The van der Waals surface area contributed by atoms with Gasteiger partial charge in [0.15, 0.2) is 11.5 Å². The Labute approximate surface area is 211 Å². The number of nitrogens with zero attached hydrogens (tertiary/aromatic N) is 2. The average Bonchev–Trinajstić information content (AvgIpc) is 3.17. The van der Waals surface area contributed by atoms with Gasteiger partial charge in [0.05, 0.1) is 18.4 Å². The summed E-state index contributed by atoms with van der Waals surface area (Å²) in [5.74, 6) is 0.769. The molecule has 0 saturated carbocycles. The number of methoxy groups -OCH3 is 1. The van der Waals surface area contributed by atoms with Crippen molar-refractivity contribution in [1.29, 1.82) is 0 Å². The van der Waals surface area contributed by atoms with Crippen molar-refractivity contribution in [2.24, 2.45) is 0 Å². The Kier molecular flexibility index (Phi) is 6.44. The van der Waals surface area contributed by atoms with Crippen LogP contribution < -0.4 is 14.2 Å². The lowest BCUT2D eigenvalue weighted by Gasteiger charge is -2.32. The van der Waals surface area contributed by atoms with Crippen LogP contribution in [-0.2, 0) is 12.3 Å². The Bertz CT molecular complexity index is 1220. The molecule has 0 aliphatic carbocycles. The van der Waals surface area contributed by atoms with Crippen LogP contribution in [0.1, 0.15) is 42.5 Å². The van der Waals surface area contributed by atoms with Crippen LogP contribution in [0.25, 0.3) is 0 Å². The van der Waals surface area contributed by atoms with Crippen LogP contribution in [0.4, 0.5) is 4.39 Å². The van der Waals surface area contributed by atoms with E-state index in [0.717, 1.165) is 54.0 Å². The van der Waals surface area contributed by atoms with Gasteiger partial charge in [-0.1, -0.05) is 23.7 Å². The summed E-state index contributed by atoms with van der Waals surface area (Å²) in [6.07, 6.45) is 3.76. The molecule has 178 valence electrons. The quantitative estimate of drug-likeness (QED) is 0.357. The number of benzene rings is 2. The molecule has 0 amide bonds. The summed E-state index contributed by atoms with van der Waals surface area (Å²) < 4.78 is 33.5. The number of hydrogen-bond donors (Lipinski definition) is 0. The molecule has 3 heterocycles. The van der Waals surface area contributed by atoms with Crippen LogP contribution in [-0.4, -0.2) is 30.1 Å². The van der Waals surface area contributed by atoms with E-state index in [-0.39, 0.29) is 0 Å². The molecule has 2 aliphatic heterocycles. The summed E-state index contributed by atoms with van der Waals surface area (Å²) in [6.45, 7) is 4.34. The molecule has 1 unspecified atom stereocenters. The van der Waals surface area contributed by atoms with Crippen LogP contribution in [0.3, 0.4) is 0 Å². The predicted molar refractivity (Wildman–Crippen MR) is 132 cm³/mol. The Morgan fingerprint density at radius 1 is 1.21 bits per heavy atom. The first kappa shape index (κ1) is 23.4. The second-order valence-electron chi connectivity index (χ2n) is 8.80. The fraction of sp³-hybridized carbons (Fsp3) is 0.346. The van der Waals surface area contributed by atoms with Crippen molar-refractivity contribution in [2.75, 3.05) is 20.2 Å². The van der Waals surface area contributed by atoms with Crippen molar-refractivity contribution in [3.8, 4) is 17.2 Å². The van der Waals surface area contributed by atoms with Crippen molar-refractivity contribution in [3.63, 3.8) is 0 Å². The van der Waals surface area contributed by atoms with Gasteiger partial charge in [-0.15, -0.1) is 0 Å². The van der Waals surface area contributed by atoms with E-state index in [2.05, 4.69) is 31.9 Å². The van der Waals surface area contributed by atoms with Gasteiger partial charge in [0, 0.05) is 34.7 Å². The third kappa shape index (κ3) is 4.49. The number of aromatic nitrogens is 1. The standard InChI is InChI=1S/C26H25BrClFN2O3/c1-26(20-7-6-18(28)13-21(20)29)33-23-5-3-4-19(25(23)34-26)16-8-10-31(11-9-16)15-22-24(32-2)12-17(27)14-30-22/h3-7,12-14,16H,8-11,15H2,1-2H3. The van der Waals surface area contributed by atoms with E-state index in [1.54, 1.807) is 32.4 Å². The summed E-state index contributed by atoms with van der Waals surface area (Å²) in [7, 11) is 1.67. The van der Waals surface area contributed by atoms with E-state index in [9.17, 15) is 4.39 Å². The Morgan fingerprint density at radius 2 is 2.00 bits per heavy atom. The molecule has 0 spiro atoms. The van der Waals surface area contributed by atoms with Crippen LogP contribution in [0.2, 0.25) is 5.02 Å². The molecule has 2 aliphatic rings. The van der Waals surface area contributed by atoms with Crippen molar-refractivity contribution < 1.29 is 18.6 Å². The number of likely N-dealkylation sites (tertiary alicyclic amines) is 1. The molecular formula is C26H25BrClFN2O3. The molecule has 0 bridgehead atoms. The van der Waals surface area contributed by atoms with E-state index < -0.39 is 11.6 Å². The zero-order valence-corrected chi connectivity index (χ0v) is 21.3. The number of para-hydroxylation sites is 1. The minimum atomic E-state index is -1.24. The van der Waals surface area contributed by atoms with Crippen molar-refractivity contribution >= 4 is 27.5 Å². The maximum Gasteiger partial charge on any atom is 0.278 e. The first-order chi connectivity index (χ1) is 16.4. The number of ether oxygens (including phenoxy) is 3. The molecule has 1 fully saturated rings. The Morgan fingerprint density at radius 3 is 2.74 bits per heavy atom. The molecule has 3 aromatic rings. The fourth-order valence-electron chi connectivity index (χ4n) is 4.80. The van der Waals surface area contributed by atoms with Gasteiger partial charge in [0.2, 0.25) is 0 Å². The van der Waals surface area contributed by atoms with Gasteiger partial charge >= 0.3 is 0 Å². The third-order valence-corrected chi connectivity index (χ3v) is 7.22. The molecule has 0 N–H and O–H groups in total.